The largest absolute Gasteiger partial charge is 0.369 e. The van der Waals surface area contributed by atoms with E-state index in [1.54, 1.807) is 6.20 Å². The predicted molar refractivity (Wildman–Crippen MR) is 78.2 cm³/mol. The average molecular weight is 250 g/mol. The molecule has 1 heterocycles. The summed E-state index contributed by atoms with van der Waals surface area (Å²) in [5.41, 5.74) is 0. The first-order chi connectivity index (χ1) is 8.69. The number of aromatic nitrogens is 2. The molecule has 1 rings (SSSR count). The van der Waals surface area contributed by atoms with Crippen molar-refractivity contribution in [2.45, 2.75) is 53.0 Å². The zero-order valence-corrected chi connectivity index (χ0v) is 12.1. The van der Waals surface area contributed by atoms with Gasteiger partial charge in [0, 0.05) is 19.1 Å². The standard InChI is InChI=1S/C14H26N4/c1-5-7-8-9-18(12(3)4)14-11-15-10-13(17-14)16-6-2/h10-12H,5-9H2,1-4H3,(H,16,17). The molecule has 0 aliphatic rings. The summed E-state index contributed by atoms with van der Waals surface area (Å²) in [6.07, 6.45) is 7.35. The van der Waals surface area contributed by atoms with E-state index in [1.165, 1.54) is 19.3 Å². The molecule has 0 fully saturated rings. The van der Waals surface area contributed by atoms with Crippen molar-refractivity contribution in [3.63, 3.8) is 0 Å². The summed E-state index contributed by atoms with van der Waals surface area (Å²) in [4.78, 5) is 11.2. The van der Waals surface area contributed by atoms with Gasteiger partial charge in [-0.1, -0.05) is 19.8 Å². The molecule has 4 nitrogen and oxygen atoms in total. The van der Waals surface area contributed by atoms with E-state index in [-0.39, 0.29) is 0 Å². The summed E-state index contributed by atoms with van der Waals surface area (Å²) in [6.45, 7) is 10.6. The zero-order chi connectivity index (χ0) is 13.4. The molecule has 1 aromatic heterocycles. The highest BCUT2D eigenvalue weighted by atomic mass is 15.2. The molecule has 0 saturated heterocycles. The van der Waals surface area contributed by atoms with Gasteiger partial charge in [0.15, 0.2) is 0 Å². The SMILES string of the molecule is CCCCCN(c1cncc(NCC)n1)C(C)C. The van der Waals surface area contributed by atoms with Gasteiger partial charge in [-0.3, -0.25) is 4.98 Å². The summed E-state index contributed by atoms with van der Waals surface area (Å²) >= 11 is 0. The van der Waals surface area contributed by atoms with E-state index >= 15 is 0 Å². The Labute approximate surface area is 111 Å². The highest BCUT2D eigenvalue weighted by Crippen LogP contribution is 2.16. The van der Waals surface area contributed by atoms with Crippen molar-refractivity contribution in [1.82, 2.24) is 9.97 Å². The lowest BCUT2D eigenvalue weighted by atomic mass is 10.2. The van der Waals surface area contributed by atoms with Gasteiger partial charge in [0.25, 0.3) is 0 Å². The Kier molecular flexibility index (Phi) is 6.47. The van der Waals surface area contributed by atoms with Crippen molar-refractivity contribution in [2.75, 3.05) is 23.3 Å². The molecule has 0 saturated carbocycles. The number of hydrogen-bond donors (Lipinski definition) is 1. The number of anilines is 2. The van der Waals surface area contributed by atoms with Crippen LogP contribution in [0.25, 0.3) is 0 Å². The molecule has 0 aromatic carbocycles. The Morgan fingerprint density at radius 1 is 1.22 bits per heavy atom. The summed E-state index contributed by atoms with van der Waals surface area (Å²) < 4.78 is 0. The van der Waals surface area contributed by atoms with E-state index in [0.717, 1.165) is 24.7 Å². The second-order valence-electron chi connectivity index (χ2n) is 4.79. The molecular weight excluding hydrogens is 224 g/mol. The van der Waals surface area contributed by atoms with Gasteiger partial charge in [-0.15, -0.1) is 0 Å². The van der Waals surface area contributed by atoms with Crippen LogP contribution < -0.4 is 10.2 Å². The first-order valence-electron chi connectivity index (χ1n) is 7.01. The molecule has 1 aromatic rings. The highest BCUT2D eigenvalue weighted by Gasteiger charge is 2.12. The average Bonchev–Trinajstić information content (AvgIpc) is 2.35. The summed E-state index contributed by atoms with van der Waals surface area (Å²) in [6, 6.07) is 0.452. The van der Waals surface area contributed by atoms with Gasteiger partial charge in [0.2, 0.25) is 0 Å². The van der Waals surface area contributed by atoms with Crippen molar-refractivity contribution in [3.05, 3.63) is 12.4 Å². The molecule has 0 spiro atoms. The second-order valence-corrected chi connectivity index (χ2v) is 4.79. The topological polar surface area (TPSA) is 41.1 Å². The second kappa shape index (κ2) is 7.90. The zero-order valence-electron chi connectivity index (χ0n) is 12.1. The lowest BCUT2D eigenvalue weighted by molar-refractivity contribution is 0.619. The molecule has 102 valence electrons. The van der Waals surface area contributed by atoms with Crippen molar-refractivity contribution in [2.24, 2.45) is 0 Å². The Bertz CT molecular complexity index is 338. The van der Waals surface area contributed by atoms with Crippen LogP contribution in [0.4, 0.5) is 11.6 Å². The molecule has 4 heteroatoms. The minimum atomic E-state index is 0.452. The third-order valence-electron chi connectivity index (χ3n) is 2.90. The summed E-state index contributed by atoms with van der Waals surface area (Å²) in [7, 11) is 0. The third-order valence-corrected chi connectivity index (χ3v) is 2.90. The van der Waals surface area contributed by atoms with Crippen molar-refractivity contribution in [1.29, 1.82) is 0 Å². The molecule has 0 radical (unpaired) electrons. The van der Waals surface area contributed by atoms with Crippen LogP contribution >= 0.6 is 0 Å². The molecule has 0 aliphatic carbocycles. The fourth-order valence-corrected chi connectivity index (χ4v) is 1.93. The van der Waals surface area contributed by atoms with Crippen LogP contribution in [0.5, 0.6) is 0 Å². The lowest BCUT2D eigenvalue weighted by Crippen LogP contribution is -2.32. The molecule has 0 bridgehead atoms. The third kappa shape index (κ3) is 4.51. The van der Waals surface area contributed by atoms with Gasteiger partial charge >= 0.3 is 0 Å². The number of nitrogens with zero attached hydrogens (tertiary/aromatic N) is 3. The smallest absolute Gasteiger partial charge is 0.149 e. The van der Waals surface area contributed by atoms with Gasteiger partial charge in [0.05, 0.1) is 12.4 Å². The van der Waals surface area contributed by atoms with E-state index in [1.807, 2.05) is 6.20 Å². The van der Waals surface area contributed by atoms with E-state index in [9.17, 15) is 0 Å². The minimum absolute atomic E-state index is 0.452. The minimum Gasteiger partial charge on any atom is -0.369 e. The molecule has 0 aliphatic heterocycles. The normalized spacial score (nSPS) is 10.7. The van der Waals surface area contributed by atoms with E-state index in [0.29, 0.717) is 6.04 Å². The van der Waals surface area contributed by atoms with Crippen molar-refractivity contribution in [3.8, 4) is 0 Å². The van der Waals surface area contributed by atoms with Crippen molar-refractivity contribution >= 4 is 11.6 Å². The van der Waals surface area contributed by atoms with Crippen LogP contribution in [0.15, 0.2) is 12.4 Å². The highest BCUT2D eigenvalue weighted by molar-refractivity contribution is 5.44. The first-order valence-corrected chi connectivity index (χ1v) is 7.01. The summed E-state index contributed by atoms with van der Waals surface area (Å²) in [5.74, 6) is 1.83. The van der Waals surface area contributed by atoms with Crippen LogP contribution in [0, 0.1) is 0 Å². The molecule has 18 heavy (non-hydrogen) atoms. The van der Waals surface area contributed by atoms with Crippen LogP contribution in [-0.4, -0.2) is 29.1 Å². The number of unbranched alkanes of at least 4 members (excludes halogenated alkanes) is 2. The molecule has 0 atom stereocenters. The Morgan fingerprint density at radius 2 is 2.00 bits per heavy atom. The van der Waals surface area contributed by atoms with E-state index < -0.39 is 0 Å². The van der Waals surface area contributed by atoms with Crippen LogP contribution in [-0.2, 0) is 0 Å². The monoisotopic (exact) mass is 250 g/mol. The molecule has 0 unspecified atom stereocenters. The number of nitrogens with one attached hydrogen (secondary N) is 1. The van der Waals surface area contributed by atoms with Gasteiger partial charge in [-0.25, -0.2) is 4.98 Å². The molecule has 1 N–H and O–H groups in total. The predicted octanol–water partition coefficient (Wildman–Crippen LogP) is 3.31. The number of rotatable bonds is 8. The molecule has 0 amide bonds. The number of hydrogen-bond acceptors (Lipinski definition) is 4. The maximum Gasteiger partial charge on any atom is 0.149 e. The fraction of sp³-hybridized carbons (Fsp3) is 0.714. The Balaban J connectivity index is 2.74. The fourth-order valence-electron chi connectivity index (χ4n) is 1.93. The van der Waals surface area contributed by atoms with Crippen LogP contribution in [0.2, 0.25) is 0 Å². The maximum atomic E-state index is 4.62. The van der Waals surface area contributed by atoms with Gasteiger partial charge in [0.1, 0.15) is 11.6 Å². The Morgan fingerprint density at radius 3 is 2.61 bits per heavy atom. The van der Waals surface area contributed by atoms with E-state index in [2.05, 4.69) is 47.9 Å². The van der Waals surface area contributed by atoms with E-state index in [4.69, 9.17) is 0 Å². The van der Waals surface area contributed by atoms with Gasteiger partial charge < -0.3 is 10.2 Å². The van der Waals surface area contributed by atoms with Crippen LogP contribution in [0.1, 0.15) is 47.0 Å². The van der Waals surface area contributed by atoms with Crippen molar-refractivity contribution < 1.29 is 0 Å². The first kappa shape index (κ1) is 14.7. The van der Waals surface area contributed by atoms with Crippen LogP contribution in [0.3, 0.4) is 0 Å². The quantitative estimate of drug-likeness (QED) is 0.719. The molecular formula is C14H26N4. The van der Waals surface area contributed by atoms with Gasteiger partial charge in [-0.2, -0.15) is 0 Å². The maximum absolute atomic E-state index is 4.62. The summed E-state index contributed by atoms with van der Waals surface area (Å²) in [5, 5.41) is 3.21. The Hall–Kier alpha value is -1.32. The van der Waals surface area contributed by atoms with Gasteiger partial charge in [-0.05, 0) is 27.2 Å². The lowest BCUT2D eigenvalue weighted by Gasteiger charge is -2.27.